The van der Waals surface area contributed by atoms with E-state index >= 15 is 0 Å². The van der Waals surface area contributed by atoms with Gasteiger partial charge in [0.2, 0.25) is 0 Å². The molecule has 0 radical (unpaired) electrons. The van der Waals surface area contributed by atoms with Crippen LogP contribution in [0.2, 0.25) is 10.0 Å². The fourth-order valence-corrected chi connectivity index (χ4v) is 5.40. The van der Waals surface area contributed by atoms with Crippen LogP contribution in [0.5, 0.6) is 5.75 Å². The number of thiocarbonyl (C=S) groups is 1. The quantitative estimate of drug-likeness (QED) is 0.263. The lowest BCUT2D eigenvalue weighted by Crippen LogP contribution is -2.29. The molecule has 1 N–H and O–H groups in total. The van der Waals surface area contributed by atoms with E-state index in [1.165, 1.54) is 11.8 Å². The Bertz CT molecular complexity index is 1320. The van der Waals surface area contributed by atoms with Crippen LogP contribution in [0.4, 0.5) is 5.69 Å². The van der Waals surface area contributed by atoms with Gasteiger partial charge in [0, 0.05) is 21.8 Å². The summed E-state index contributed by atoms with van der Waals surface area (Å²) in [6.07, 6.45) is 1.77. The highest BCUT2D eigenvalue weighted by Gasteiger charge is 2.42. The summed E-state index contributed by atoms with van der Waals surface area (Å²) < 4.78 is 11.7. The first kappa shape index (κ1) is 23.1. The number of anilines is 1. The third-order valence-electron chi connectivity index (χ3n) is 5.44. The van der Waals surface area contributed by atoms with Gasteiger partial charge in [-0.3, -0.25) is 4.98 Å². The highest BCUT2D eigenvalue weighted by molar-refractivity contribution is 7.99. The molecule has 172 valence electrons. The second-order valence-electron chi connectivity index (χ2n) is 7.53. The molecule has 0 aliphatic carbocycles. The van der Waals surface area contributed by atoms with Gasteiger partial charge in [0.15, 0.2) is 10.2 Å². The van der Waals surface area contributed by atoms with Gasteiger partial charge >= 0.3 is 0 Å². The van der Waals surface area contributed by atoms with E-state index in [4.69, 9.17) is 44.6 Å². The number of hydrogen-bond donors (Lipinski definition) is 1. The number of rotatable bonds is 6. The predicted molar refractivity (Wildman–Crippen MR) is 140 cm³/mol. The number of pyridine rings is 1. The monoisotopic (exact) mass is 527 g/mol. The number of nitrogens with zero attached hydrogens (tertiary/aromatic N) is 2. The molecule has 2 atom stereocenters. The minimum atomic E-state index is -0.272. The van der Waals surface area contributed by atoms with Gasteiger partial charge in [-0.1, -0.05) is 41.0 Å². The molecule has 34 heavy (non-hydrogen) atoms. The Morgan fingerprint density at radius 2 is 1.88 bits per heavy atom. The Morgan fingerprint density at radius 1 is 1.06 bits per heavy atom. The fraction of sp³-hybridized carbons (Fsp3) is 0.120. The third kappa shape index (κ3) is 4.61. The lowest BCUT2D eigenvalue weighted by molar-refractivity contribution is 0.383. The van der Waals surface area contributed by atoms with E-state index in [0.29, 0.717) is 20.9 Å². The molecule has 0 unspecified atom stereocenters. The molecule has 1 aliphatic heterocycles. The number of benzene rings is 2. The van der Waals surface area contributed by atoms with Crippen LogP contribution in [0.25, 0.3) is 0 Å². The summed E-state index contributed by atoms with van der Waals surface area (Å²) in [6.45, 7) is 0. The SMILES string of the molecule is COc1ccc(N2C(=S)N[C@@H](c3ccccn3)[C@H]2c2ccc(Sc3ccc(Cl)cc3)o2)cc1Cl. The van der Waals surface area contributed by atoms with Crippen LogP contribution >= 0.6 is 47.2 Å². The van der Waals surface area contributed by atoms with Gasteiger partial charge in [-0.05, 0) is 78.9 Å². The summed E-state index contributed by atoms with van der Waals surface area (Å²) in [5.41, 5.74) is 1.69. The van der Waals surface area contributed by atoms with Crippen molar-refractivity contribution >= 4 is 58.0 Å². The van der Waals surface area contributed by atoms with Gasteiger partial charge in [-0.25, -0.2) is 0 Å². The molecule has 0 spiro atoms. The van der Waals surface area contributed by atoms with Gasteiger partial charge < -0.3 is 19.4 Å². The van der Waals surface area contributed by atoms with Gasteiger partial charge in [0.05, 0.1) is 23.9 Å². The van der Waals surface area contributed by atoms with Crippen LogP contribution in [-0.4, -0.2) is 17.2 Å². The minimum absolute atomic E-state index is 0.214. The predicted octanol–water partition coefficient (Wildman–Crippen LogP) is 7.32. The average Bonchev–Trinajstić information content (AvgIpc) is 3.45. The van der Waals surface area contributed by atoms with Crippen LogP contribution in [0.15, 0.2) is 93.4 Å². The zero-order valence-electron chi connectivity index (χ0n) is 17.9. The Morgan fingerprint density at radius 3 is 2.59 bits per heavy atom. The number of nitrogens with one attached hydrogen (secondary N) is 1. The van der Waals surface area contributed by atoms with E-state index in [0.717, 1.165) is 27.1 Å². The van der Waals surface area contributed by atoms with Gasteiger partial charge in [-0.15, -0.1) is 0 Å². The van der Waals surface area contributed by atoms with Crippen LogP contribution in [0, 0.1) is 0 Å². The van der Waals surface area contributed by atoms with Crippen LogP contribution in [0.3, 0.4) is 0 Å². The first-order valence-electron chi connectivity index (χ1n) is 10.4. The molecule has 2 aromatic carbocycles. The maximum Gasteiger partial charge on any atom is 0.174 e. The maximum absolute atomic E-state index is 6.44. The topological polar surface area (TPSA) is 50.5 Å². The zero-order valence-corrected chi connectivity index (χ0v) is 21.1. The molecule has 1 aliphatic rings. The number of methoxy groups -OCH3 is 1. The van der Waals surface area contributed by atoms with Gasteiger partial charge in [-0.2, -0.15) is 0 Å². The highest BCUT2D eigenvalue weighted by atomic mass is 35.5. The Labute approximate surface area is 217 Å². The maximum atomic E-state index is 6.44. The standard InChI is InChI=1S/C25H19Cl2N3O2S2/c1-31-20-10-7-16(14-18(20)27)30-24(23(29-25(30)33)19-4-2-3-13-28-19)21-11-12-22(32-21)34-17-8-5-15(26)6-9-17/h2-14,23-24H,1H3,(H,29,33)/t23-,24+/m0/s1. The lowest BCUT2D eigenvalue weighted by atomic mass is 10.0. The van der Waals surface area contributed by atoms with E-state index < -0.39 is 0 Å². The zero-order chi connectivity index (χ0) is 23.7. The first-order valence-corrected chi connectivity index (χ1v) is 12.4. The number of furan rings is 1. The van der Waals surface area contributed by atoms with E-state index in [1.54, 1.807) is 13.3 Å². The van der Waals surface area contributed by atoms with Crippen LogP contribution in [-0.2, 0) is 0 Å². The van der Waals surface area contributed by atoms with Gasteiger partial charge in [0.1, 0.15) is 17.6 Å². The first-order chi connectivity index (χ1) is 16.5. The molecule has 9 heteroatoms. The lowest BCUT2D eigenvalue weighted by Gasteiger charge is -2.26. The summed E-state index contributed by atoms with van der Waals surface area (Å²) in [5.74, 6) is 1.35. The average molecular weight is 528 g/mol. The van der Waals surface area contributed by atoms with Crippen molar-refractivity contribution < 1.29 is 9.15 Å². The minimum Gasteiger partial charge on any atom is -0.495 e. The van der Waals surface area contributed by atoms with E-state index in [1.807, 2.05) is 77.7 Å². The Hall–Kier alpha value is -2.71. The molecule has 5 nitrogen and oxygen atoms in total. The molecule has 1 saturated heterocycles. The fourth-order valence-electron chi connectivity index (χ4n) is 3.89. The third-order valence-corrected chi connectivity index (χ3v) is 7.23. The van der Waals surface area contributed by atoms with Crippen LogP contribution in [0.1, 0.15) is 23.5 Å². The number of hydrogen-bond acceptors (Lipinski definition) is 5. The second-order valence-corrected chi connectivity index (χ2v) is 9.84. The van der Waals surface area contributed by atoms with Crippen molar-refractivity contribution in [3.8, 4) is 5.75 Å². The molecule has 4 aromatic rings. The molecule has 0 bridgehead atoms. The molecular weight excluding hydrogens is 509 g/mol. The largest absolute Gasteiger partial charge is 0.495 e. The summed E-state index contributed by atoms with van der Waals surface area (Å²) in [5, 5.41) is 5.94. The Balaban J connectivity index is 1.53. The summed E-state index contributed by atoms with van der Waals surface area (Å²) in [6, 6.07) is 22.5. The van der Waals surface area contributed by atoms with Crippen LogP contribution < -0.4 is 15.0 Å². The van der Waals surface area contributed by atoms with Crippen molar-refractivity contribution in [2.75, 3.05) is 12.0 Å². The van der Waals surface area contributed by atoms with Crippen molar-refractivity contribution in [3.05, 3.63) is 100 Å². The number of ether oxygens (including phenoxy) is 1. The molecule has 0 amide bonds. The van der Waals surface area contributed by atoms with Crippen molar-refractivity contribution in [1.29, 1.82) is 0 Å². The van der Waals surface area contributed by atoms with Crippen molar-refractivity contribution in [2.45, 2.75) is 22.1 Å². The van der Waals surface area contributed by atoms with Crippen molar-refractivity contribution in [2.24, 2.45) is 0 Å². The molecule has 1 fully saturated rings. The van der Waals surface area contributed by atoms with E-state index in [9.17, 15) is 0 Å². The number of aromatic nitrogens is 1. The second kappa shape index (κ2) is 9.88. The van der Waals surface area contributed by atoms with Crippen molar-refractivity contribution in [1.82, 2.24) is 10.3 Å². The normalized spacial score (nSPS) is 17.6. The summed E-state index contributed by atoms with van der Waals surface area (Å²) >= 11 is 19.7. The van der Waals surface area contributed by atoms with Gasteiger partial charge in [0.25, 0.3) is 0 Å². The molecule has 5 rings (SSSR count). The Kier molecular flexibility index (Phi) is 6.70. The molecule has 2 aromatic heterocycles. The van der Waals surface area contributed by atoms with E-state index in [2.05, 4.69) is 10.3 Å². The summed E-state index contributed by atoms with van der Waals surface area (Å²) in [7, 11) is 1.59. The summed E-state index contributed by atoms with van der Waals surface area (Å²) in [4.78, 5) is 7.61. The van der Waals surface area contributed by atoms with Crippen molar-refractivity contribution in [3.63, 3.8) is 0 Å². The highest BCUT2D eigenvalue weighted by Crippen LogP contribution is 2.44. The molecular formula is C25H19Cl2N3O2S2. The molecule has 0 saturated carbocycles. The molecule has 3 heterocycles. The smallest absolute Gasteiger partial charge is 0.174 e. The van der Waals surface area contributed by atoms with E-state index in [-0.39, 0.29) is 12.1 Å². The number of halogens is 2.